The van der Waals surface area contributed by atoms with Crippen LogP contribution in [0.2, 0.25) is 0 Å². The molecule has 0 aliphatic carbocycles. The molecule has 0 aromatic heterocycles. The van der Waals surface area contributed by atoms with Crippen LogP contribution >= 0.6 is 11.8 Å². The number of fused-ring (bicyclic) bond motifs is 1. The highest BCUT2D eigenvalue weighted by Crippen LogP contribution is 2.37. The highest BCUT2D eigenvalue weighted by atomic mass is 32.2. The van der Waals surface area contributed by atoms with Crippen LogP contribution in [0.1, 0.15) is 36.9 Å². The highest BCUT2D eigenvalue weighted by molar-refractivity contribution is 8.01. The van der Waals surface area contributed by atoms with E-state index in [1.807, 2.05) is 30.3 Å². The van der Waals surface area contributed by atoms with Crippen LogP contribution in [0.3, 0.4) is 0 Å². The molecule has 22 heavy (non-hydrogen) atoms. The van der Waals surface area contributed by atoms with Gasteiger partial charge in [-0.05, 0) is 30.0 Å². The van der Waals surface area contributed by atoms with Crippen LogP contribution < -0.4 is 5.32 Å². The molecule has 2 aromatic rings. The first-order chi connectivity index (χ1) is 10.8. The first-order valence-electron chi connectivity index (χ1n) is 7.88. The molecule has 3 rings (SSSR count). The Bertz CT molecular complexity index is 616. The van der Waals surface area contributed by atoms with Crippen molar-refractivity contribution >= 4 is 17.7 Å². The van der Waals surface area contributed by atoms with Gasteiger partial charge in [0.1, 0.15) is 0 Å². The van der Waals surface area contributed by atoms with Gasteiger partial charge in [-0.3, -0.25) is 4.79 Å². The summed E-state index contributed by atoms with van der Waals surface area (Å²) in [6.45, 7) is 2.16. The van der Waals surface area contributed by atoms with E-state index in [1.54, 1.807) is 11.8 Å². The summed E-state index contributed by atoms with van der Waals surface area (Å²) in [6.07, 6.45) is 2.86. The zero-order valence-electron chi connectivity index (χ0n) is 12.8. The number of thioether (sulfide) groups is 1. The predicted molar refractivity (Wildman–Crippen MR) is 92.0 cm³/mol. The molecule has 2 unspecified atom stereocenters. The van der Waals surface area contributed by atoms with Gasteiger partial charge in [0.25, 0.3) is 0 Å². The maximum Gasteiger partial charge on any atom is 0.234 e. The van der Waals surface area contributed by atoms with Crippen molar-refractivity contribution in [1.29, 1.82) is 0 Å². The molecule has 2 aromatic carbocycles. The lowest BCUT2D eigenvalue weighted by Gasteiger charge is -2.20. The van der Waals surface area contributed by atoms with E-state index >= 15 is 0 Å². The minimum atomic E-state index is 0.000434. The van der Waals surface area contributed by atoms with Crippen molar-refractivity contribution in [3.05, 3.63) is 65.7 Å². The number of benzene rings is 2. The first kappa shape index (κ1) is 15.2. The van der Waals surface area contributed by atoms with Gasteiger partial charge in [-0.2, -0.15) is 0 Å². The van der Waals surface area contributed by atoms with Crippen molar-refractivity contribution in [2.45, 2.75) is 42.4 Å². The van der Waals surface area contributed by atoms with E-state index in [0.717, 1.165) is 19.3 Å². The van der Waals surface area contributed by atoms with Crippen molar-refractivity contribution in [2.24, 2.45) is 0 Å². The number of carbonyl (C=O) groups excluding carboxylic acids is 1. The van der Waals surface area contributed by atoms with Crippen molar-refractivity contribution in [1.82, 2.24) is 5.32 Å². The van der Waals surface area contributed by atoms with Crippen LogP contribution in [0.5, 0.6) is 0 Å². The van der Waals surface area contributed by atoms with Gasteiger partial charge in [-0.25, -0.2) is 0 Å². The quantitative estimate of drug-likeness (QED) is 0.889. The molecule has 2 atom stereocenters. The lowest BCUT2D eigenvalue weighted by molar-refractivity contribution is -0.121. The van der Waals surface area contributed by atoms with Crippen LogP contribution in [0.15, 0.2) is 59.5 Å². The Labute approximate surface area is 136 Å². The van der Waals surface area contributed by atoms with E-state index < -0.39 is 0 Å². The molecular weight excluding hydrogens is 290 g/mol. The van der Waals surface area contributed by atoms with Gasteiger partial charge in [-0.15, -0.1) is 11.8 Å². The number of hydrogen-bond acceptors (Lipinski definition) is 2. The molecule has 0 spiro atoms. The summed E-state index contributed by atoms with van der Waals surface area (Å²) in [4.78, 5) is 13.9. The average molecular weight is 311 g/mol. The lowest BCUT2D eigenvalue weighted by Crippen LogP contribution is -2.35. The predicted octanol–water partition coefficient (Wildman–Crippen LogP) is 4.36. The third kappa shape index (κ3) is 3.36. The maximum atomic E-state index is 12.6. The lowest BCUT2D eigenvalue weighted by atomic mass is 10.0. The third-order valence-corrected chi connectivity index (χ3v) is 5.35. The zero-order chi connectivity index (χ0) is 15.4. The fourth-order valence-electron chi connectivity index (χ4n) is 2.89. The molecule has 1 amide bonds. The number of hydrogen-bond donors (Lipinski definition) is 1. The number of amides is 1. The van der Waals surface area contributed by atoms with Crippen LogP contribution in [0.4, 0.5) is 0 Å². The summed E-state index contributed by atoms with van der Waals surface area (Å²) in [5.74, 6) is 0.156. The second-order valence-corrected chi connectivity index (χ2v) is 6.92. The first-order valence-corrected chi connectivity index (χ1v) is 8.75. The van der Waals surface area contributed by atoms with Crippen LogP contribution in [-0.2, 0) is 11.2 Å². The Balaban J connectivity index is 1.68. The van der Waals surface area contributed by atoms with Crippen LogP contribution in [-0.4, -0.2) is 11.2 Å². The standard InChI is InChI=1S/C19H21NOS/c1-2-8-16(14-9-4-3-5-10-14)20-19(21)18-13-15-11-6-7-12-17(15)22-18/h3-7,9-12,16,18H,2,8,13H2,1H3,(H,20,21). The van der Waals surface area contributed by atoms with Crippen molar-refractivity contribution in [2.75, 3.05) is 0 Å². The number of carbonyl (C=O) groups is 1. The smallest absolute Gasteiger partial charge is 0.234 e. The highest BCUT2D eigenvalue weighted by Gasteiger charge is 2.29. The normalized spacial score (nSPS) is 17.8. The zero-order valence-corrected chi connectivity index (χ0v) is 13.6. The fourth-order valence-corrected chi connectivity index (χ4v) is 4.09. The second kappa shape index (κ2) is 7.01. The topological polar surface area (TPSA) is 29.1 Å². The van der Waals surface area contributed by atoms with E-state index in [0.29, 0.717) is 0 Å². The van der Waals surface area contributed by atoms with E-state index in [2.05, 4.69) is 36.5 Å². The largest absolute Gasteiger partial charge is 0.348 e. The summed E-state index contributed by atoms with van der Waals surface area (Å²) in [5.41, 5.74) is 2.48. The third-order valence-electron chi connectivity index (χ3n) is 4.04. The molecular formula is C19H21NOS. The molecule has 1 aliphatic rings. The molecule has 0 radical (unpaired) electrons. The Morgan fingerprint density at radius 3 is 2.64 bits per heavy atom. The van der Waals surface area contributed by atoms with Gasteiger partial charge in [0.05, 0.1) is 11.3 Å². The molecule has 1 aliphatic heterocycles. The van der Waals surface area contributed by atoms with Crippen molar-refractivity contribution in [3.8, 4) is 0 Å². The minimum absolute atomic E-state index is 0.000434. The molecule has 1 N–H and O–H groups in total. The molecule has 3 heteroatoms. The Hall–Kier alpha value is -1.74. The van der Waals surface area contributed by atoms with E-state index in [4.69, 9.17) is 0 Å². The average Bonchev–Trinajstić information content (AvgIpc) is 2.99. The molecule has 0 fully saturated rings. The molecule has 1 heterocycles. The number of nitrogens with one attached hydrogen (secondary N) is 1. The van der Waals surface area contributed by atoms with E-state index in [-0.39, 0.29) is 17.2 Å². The Kier molecular flexibility index (Phi) is 4.84. The molecule has 0 bridgehead atoms. The fraction of sp³-hybridized carbons (Fsp3) is 0.316. The minimum Gasteiger partial charge on any atom is -0.348 e. The summed E-state index contributed by atoms with van der Waals surface area (Å²) in [5, 5.41) is 3.25. The molecule has 2 nitrogen and oxygen atoms in total. The summed E-state index contributed by atoms with van der Waals surface area (Å²) < 4.78 is 0. The van der Waals surface area contributed by atoms with Gasteiger partial charge < -0.3 is 5.32 Å². The molecule has 0 saturated heterocycles. The Morgan fingerprint density at radius 1 is 1.18 bits per heavy atom. The van der Waals surface area contributed by atoms with Gasteiger partial charge in [0.15, 0.2) is 0 Å². The second-order valence-electron chi connectivity index (χ2n) is 5.68. The van der Waals surface area contributed by atoms with E-state index in [1.165, 1.54) is 16.0 Å². The summed E-state index contributed by atoms with van der Waals surface area (Å²) >= 11 is 1.69. The van der Waals surface area contributed by atoms with Crippen LogP contribution in [0.25, 0.3) is 0 Å². The molecule has 114 valence electrons. The van der Waals surface area contributed by atoms with E-state index in [9.17, 15) is 4.79 Å². The SMILES string of the molecule is CCCC(NC(=O)C1Cc2ccccc2S1)c1ccccc1. The molecule has 0 saturated carbocycles. The van der Waals surface area contributed by atoms with Crippen molar-refractivity contribution in [3.63, 3.8) is 0 Å². The van der Waals surface area contributed by atoms with Gasteiger partial charge >= 0.3 is 0 Å². The Morgan fingerprint density at radius 2 is 1.91 bits per heavy atom. The summed E-state index contributed by atoms with van der Waals surface area (Å²) in [6, 6.07) is 18.7. The number of rotatable bonds is 5. The van der Waals surface area contributed by atoms with Gasteiger partial charge in [0.2, 0.25) is 5.91 Å². The van der Waals surface area contributed by atoms with Gasteiger partial charge in [-0.1, -0.05) is 61.9 Å². The van der Waals surface area contributed by atoms with Gasteiger partial charge in [0, 0.05) is 4.90 Å². The summed E-state index contributed by atoms with van der Waals surface area (Å²) in [7, 11) is 0. The maximum absolute atomic E-state index is 12.6. The monoisotopic (exact) mass is 311 g/mol. The van der Waals surface area contributed by atoms with Crippen LogP contribution in [0, 0.1) is 0 Å². The van der Waals surface area contributed by atoms with Crippen molar-refractivity contribution < 1.29 is 4.79 Å².